The maximum Gasteiger partial charge on any atom is 0.150 e. The van der Waals surface area contributed by atoms with Crippen molar-refractivity contribution in [3.63, 3.8) is 0 Å². The van der Waals surface area contributed by atoms with Gasteiger partial charge in [-0.3, -0.25) is 9.97 Å². The SMILES string of the molecule is C[C@H](Nc1ncnc(N)c1C#N)c1cnc2cc(F)ccc2c1-c1ccccn1. The second kappa shape index (κ2) is 7.48. The highest BCUT2D eigenvalue weighted by atomic mass is 19.1. The van der Waals surface area contributed by atoms with Crippen LogP contribution >= 0.6 is 0 Å². The molecule has 0 spiro atoms. The summed E-state index contributed by atoms with van der Waals surface area (Å²) in [7, 11) is 0. The minimum Gasteiger partial charge on any atom is -0.382 e. The number of rotatable bonds is 4. The molecule has 7 nitrogen and oxygen atoms in total. The van der Waals surface area contributed by atoms with Crippen molar-refractivity contribution in [2.75, 3.05) is 11.1 Å². The molecule has 0 aliphatic heterocycles. The number of anilines is 2. The first-order valence-electron chi connectivity index (χ1n) is 8.85. The normalized spacial score (nSPS) is 11.8. The van der Waals surface area contributed by atoms with E-state index in [0.29, 0.717) is 11.3 Å². The summed E-state index contributed by atoms with van der Waals surface area (Å²) in [4.78, 5) is 16.9. The lowest BCUT2D eigenvalue weighted by Gasteiger charge is -2.20. The van der Waals surface area contributed by atoms with E-state index < -0.39 is 0 Å². The Labute approximate surface area is 166 Å². The smallest absolute Gasteiger partial charge is 0.150 e. The van der Waals surface area contributed by atoms with Crippen LogP contribution in [0.3, 0.4) is 0 Å². The van der Waals surface area contributed by atoms with Gasteiger partial charge in [0.05, 0.1) is 17.3 Å². The van der Waals surface area contributed by atoms with E-state index in [1.165, 1.54) is 18.5 Å². The molecule has 4 rings (SSSR count). The van der Waals surface area contributed by atoms with E-state index in [-0.39, 0.29) is 23.2 Å². The topological polar surface area (TPSA) is 113 Å². The van der Waals surface area contributed by atoms with E-state index in [4.69, 9.17) is 5.73 Å². The fourth-order valence-electron chi connectivity index (χ4n) is 3.21. The predicted octanol–water partition coefficient (Wildman–Crippen LogP) is 3.85. The van der Waals surface area contributed by atoms with E-state index in [1.54, 1.807) is 18.5 Å². The lowest BCUT2D eigenvalue weighted by atomic mass is 9.96. The third kappa shape index (κ3) is 3.41. The van der Waals surface area contributed by atoms with Crippen molar-refractivity contribution in [2.24, 2.45) is 0 Å². The molecule has 0 saturated heterocycles. The van der Waals surface area contributed by atoms with Crippen LogP contribution in [0.4, 0.5) is 16.0 Å². The quantitative estimate of drug-likeness (QED) is 0.548. The number of benzene rings is 1. The molecule has 1 atom stereocenters. The van der Waals surface area contributed by atoms with Crippen LogP contribution in [0.25, 0.3) is 22.2 Å². The summed E-state index contributed by atoms with van der Waals surface area (Å²) in [5, 5.41) is 13.4. The van der Waals surface area contributed by atoms with Crippen molar-refractivity contribution < 1.29 is 4.39 Å². The van der Waals surface area contributed by atoms with E-state index in [2.05, 4.69) is 25.3 Å². The lowest BCUT2D eigenvalue weighted by molar-refractivity contribution is 0.629. The third-order valence-corrected chi connectivity index (χ3v) is 4.59. The second-order valence-electron chi connectivity index (χ2n) is 6.43. The van der Waals surface area contributed by atoms with Crippen LogP contribution in [0.15, 0.2) is 55.1 Å². The van der Waals surface area contributed by atoms with E-state index >= 15 is 0 Å². The highest BCUT2D eigenvalue weighted by molar-refractivity contribution is 5.95. The largest absolute Gasteiger partial charge is 0.382 e. The molecule has 0 amide bonds. The average Bonchev–Trinajstić information content (AvgIpc) is 2.73. The summed E-state index contributed by atoms with van der Waals surface area (Å²) in [5.74, 6) is 0.0824. The number of halogens is 1. The van der Waals surface area contributed by atoms with Gasteiger partial charge in [0.15, 0.2) is 0 Å². The van der Waals surface area contributed by atoms with Crippen LogP contribution in [-0.4, -0.2) is 19.9 Å². The van der Waals surface area contributed by atoms with Gasteiger partial charge in [-0.1, -0.05) is 6.07 Å². The Hall–Kier alpha value is -4.12. The molecule has 0 fully saturated rings. The van der Waals surface area contributed by atoms with Crippen LogP contribution < -0.4 is 11.1 Å². The van der Waals surface area contributed by atoms with E-state index in [0.717, 1.165) is 22.2 Å². The van der Waals surface area contributed by atoms with Gasteiger partial charge in [0.2, 0.25) is 0 Å². The van der Waals surface area contributed by atoms with Gasteiger partial charge in [0, 0.05) is 35.0 Å². The van der Waals surface area contributed by atoms with Crippen molar-refractivity contribution in [2.45, 2.75) is 13.0 Å². The van der Waals surface area contributed by atoms with Gasteiger partial charge in [-0.05, 0) is 31.2 Å². The first-order chi connectivity index (χ1) is 14.1. The summed E-state index contributed by atoms with van der Waals surface area (Å²) in [5.41, 5.74) is 8.88. The molecular weight excluding hydrogens is 369 g/mol. The van der Waals surface area contributed by atoms with Crippen LogP contribution in [0, 0.1) is 17.1 Å². The minimum atomic E-state index is -0.356. The number of nitrogen functional groups attached to an aromatic ring is 1. The summed E-state index contributed by atoms with van der Waals surface area (Å²) >= 11 is 0. The van der Waals surface area contributed by atoms with Gasteiger partial charge in [-0.15, -0.1) is 0 Å². The summed E-state index contributed by atoms with van der Waals surface area (Å²) < 4.78 is 13.7. The Balaban J connectivity index is 1.87. The molecule has 3 aromatic heterocycles. The number of nitrogens with two attached hydrogens (primary N) is 1. The predicted molar refractivity (Wildman–Crippen MR) is 108 cm³/mol. The van der Waals surface area contributed by atoms with Crippen LogP contribution in [0.1, 0.15) is 24.1 Å². The highest BCUT2D eigenvalue weighted by Crippen LogP contribution is 2.35. The standard InChI is InChI=1S/C21H16FN7/c1-12(29-21-15(9-23)20(24)27-11-28-21)16-10-26-18-8-13(22)5-6-14(18)19(16)17-4-2-3-7-25-17/h2-8,10-12H,1H3,(H3,24,27,28,29)/t12-/m0/s1. The minimum absolute atomic E-state index is 0.106. The molecule has 0 aliphatic rings. The summed E-state index contributed by atoms with van der Waals surface area (Å²) in [6, 6.07) is 11.8. The second-order valence-corrected chi connectivity index (χ2v) is 6.43. The number of nitrogens with zero attached hydrogens (tertiary/aromatic N) is 5. The van der Waals surface area contributed by atoms with Crippen LogP contribution in [0.2, 0.25) is 0 Å². The van der Waals surface area contributed by atoms with Gasteiger partial charge in [-0.2, -0.15) is 5.26 Å². The monoisotopic (exact) mass is 385 g/mol. The molecule has 3 N–H and O–H groups in total. The molecule has 1 aromatic carbocycles. The van der Waals surface area contributed by atoms with Crippen molar-refractivity contribution in [1.29, 1.82) is 5.26 Å². The first-order valence-corrected chi connectivity index (χ1v) is 8.85. The van der Waals surface area contributed by atoms with Gasteiger partial charge < -0.3 is 11.1 Å². The Morgan fingerprint density at radius 2 is 2.00 bits per heavy atom. The molecule has 0 radical (unpaired) electrons. The zero-order chi connectivity index (χ0) is 20.4. The Morgan fingerprint density at radius 1 is 1.14 bits per heavy atom. The van der Waals surface area contributed by atoms with Gasteiger partial charge in [0.25, 0.3) is 0 Å². The van der Waals surface area contributed by atoms with E-state index in [9.17, 15) is 9.65 Å². The first kappa shape index (κ1) is 18.3. The van der Waals surface area contributed by atoms with E-state index in [1.807, 2.05) is 31.2 Å². The maximum atomic E-state index is 13.7. The number of nitrogens with one attached hydrogen (secondary N) is 1. The summed E-state index contributed by atoms with van der Waals surface area (Å²) in [6.07, 6.45) is 4.68. The third-order valence-electron chi connectivity index (χ3n) is 4.59. The molecule has 0 saturated carbocycles. The number of nitriles is 1. The van der Waals surface area contributed by atoms with Gasteiger partial charge in [-0.25, -0.2) is 14.4 Å². The molecule has 0 bridgehead atoms. The number of hydrogen-bond acceptors (Lipinski definition) is 7. The number of fused-ring (bicyclic) bond motifs is 1. The number of pyridine rings is 2. The molecular formula is C21H16FN7. The molecule has 0 unspecified atom stereocenters. The van der Waals surface area contributed by atoms with Gasteiger partial charge >= 0.3 is 0 Å². The fourth-order valence-corrected chi connectivity index (χ4v) is 3.21. The molecule has 3 heterocycles. The number of aromatic nitrogens is 4. The van der Waals surface area contributed by atoms with Crippen molar-refractivity contribution in [3.8, 4) is 17.3 Å². The molecule has 4 aromatic rings. The molecule has 29 heavy (non-hydrogen) atoms. The Morgan fingerprint density at radius 3 is 2.76 bits per heavy atom. The van der Waals surface area contributed by atoms with Crippen LogP contribution in [-0.2, 0) is 0 Å². The highest BCUT2D eigenvalue weighted by Gasteiger charge is 2.19. The number of hydrogen-bond donors (Lipinski definition) is 2. The zero-order valence-electron chi connectivity index (χ0n) is 15.5. The van der Waals surface area contributed by atoms with Crippen molar-refractivity contribution in [3.05, 3.63) is 72.1 Å². The Bertz CT molecular complexity index is 1240. The molecule has 142 valence electrons. The zero-order valence-corrected chi connectivity index (χ0v) is 15.5. The van der Waals surface area contributed by atoms with Crippen molar-refractivity contribution in [1.82, 2.24) is 19.9 Å². The van der Waals surface area contributed by atoms with Gasteiger partial charge in [0.1, 0.15) is 35.4 Å². The molecule has 8 heteroatoms. The Kier molecular flexibility index (Phi) is 4.71. The summed E-state index contributed by atoms with van der Waals surface area (Å²) in [6.45, 7) is 1.91. The van der Waals surface area contributed by atoms with Crippen LogP contribution in [0.5, 0.6) is 0 Å². The fraction of sp³-hybridized carbons (Fsp3) is 0.0952. The molecule has 0 aliphatic carbocycles. The maximum absolute atomic E-state index is 13.7. The van der Waals surface area contributed by atoms with Crippen molar-refractivity contribution >= 4 is 22.5 Å². The lowest BCUT2D eigenvalue weighted by Crippen LogP contribution is -2.13. The average molecular weight is 385 g/mol.